The number of halogens is 1. The zero-order chi connectivity index (χ0) is 7.94. The monoisotopic (exact) mass is 191 g/mol. The number of rotatable bonds is 3. The molecule has 0 radical (unpaired) electrons. The Morgan fingerprint density at radius 1 is 1.42 bits per heavy atom. The van der Waals surface area contributed by atoms with Crippen LogP contribution in [0.1, 0.15) is 12.8 Å². The van der Waals surface area contributed by atoms with E-state index in [1.165, 1.54) is 25.9 Å². The molecule has 0 unspecified atom stereocenters. The predicted octanol–water partition coefficient (Wildman–Crippen LogP) is 1.61. The Morgan fingerprint density at radius 3 is 2.67 bits per heavy atom. The van der Waals surface area contributed by atoms with Gasteiger partial charge in [0.25, 0.3) is 0 Å². The standard InChI is InChI=1S/C9H17NO.ClH/c1-11-8-2-3-9-4-6-10-7-5-9;/h2-3,9-10H,4-8H2,1H3;1H/b3-2+;. The van der Waals surface area contributed by atoms with E-state index in [0.717, 1.165) is 12.5 Å². The van der Waals surface area contributed by atoms with Crippen LogP contribution in [0.4, 0.5) is 0 Å². The number of hydrogen-bond acceptors (Lipinski definition) is 2. The van der Waals surface area contributed by atoms with E-state index in [0.29, 0.717) is 0 Å². The summed E-state index contributed by atoms with van der Waals surface area (Å²) in [6.07, 6.45) is 6.96. The zero-order valence-corrected chi connectivity index (χ0v) is 8.40. The number of piperidine rings is 1. The van der Waals surface area contributed by atoms with Crippen LogP contribution in [0.2, 0.25) is 0 Å². The predicted molar refractivity (Wildman–Crippen MR) is 53.9 cm³/mol. The number of allylic oxidation sites excluding steroid dienone is 1. The highest BCUT2D eigenvalue weighted by atomic mass is 35.5. The van der Waals surface area contributed by atoms with Crippen molar-refractivity contribution < 1.29 is 4.74 Å². The van der Waals surface area contributed by atoms with E-state index in [4.69, 9.17) is 4.74 Å². The molecule has 1 N–H and O–H groups in total. The van der Waals surface area contributed by atoms with Crippen LogP contribution < -0.4 is 5.32 Å². The molecule has 0 spiro atoms. The smallest absolute Gasteiger partial charge is 0.0643 e. The summed E-state index contributed by atoms with van der Waals surface area (Å²) in [6.45, 7) is 3.09. The van der Waals surface area contributed by atoms with Gasteiger partial charge < -0.3 is 10.1 Å². The molecule has 72 valence electrons. The highest BCUT2D eigenvalue weighted by Gasteiger charge is 2.08. The maximum Gasteiger partial charge on any atom is 0.0643 e. The zero-order valence-electron chi connectivity index (χ0n) is 7.58. The fourth-order valence-corrected chi connectivity index (χ4v) is 1.38. The fourth-order valence-electron chi connectivity index (χ4n) is 1.38. The Bertz CT molecular complexity index is 122. The summed E-state index contributed by atoms with van der Waals surface area (Å²) in [5.41, 5.74) is 0. The Kier molecular flexibility index (Phi) is 7.56. The molecule has 0 amide bonds. The lowest BCUT2D eigenvalue weighted by Gasteiger charge is -2.18. The average molecular weight is 192 g/mol. The van der Waals surface area contributed by atoms with Crippen molar-refractivity contribution in [2.45, 2.75) is 12.8 Å². The molecular weight excluding hydrogens is 174 g/mol. The summed E-state index contributed by atoms with van der Waals surface area (Å²) in [4.78, 5) is 0. The lowest BCUT2D eigenvalue weighted by molar-refractivity contribution is 0.233. The van der Waals surface area contributed by atoms with Gasteiger partial charge in [0.15, 0.2) is 0 Å². The summed E-state index contributed by atoms with van der Waals surface area (Å²) >= 11 is 0. The number of methoxy groups -OCH3 is 1. The van der Waals surface area contributed by atoms with Crippen molar-refractivity contribution in [1.29, 1.82) is 0 Å². The van der Waals surface area contributed by atoms with Crippen molar-refractivity contribution in [3.05, 3.63) is 12.2 Å². The summed E-state index contributed by atoms with van der Waals surface area (Å²) < 4.78 is 4.93. The molecule has 0 saturated carbocycles. The summed E-state index contributed by atoms with van der Waals surface area (Å²) in [5, 5.41) is 3.34. The van der Waals surface area contributed by atoms with Crippen molar-refractivity contribution in [3.63, 3.8) is 0 Å². The number of ether oxygens (including phenoxy) is 1. The number of hydrogen-bond donors (Lipinski definition) is 1. The van der Waals surface area contributed by atoms with Gasteiger partial charge in [-0.05, 0) is 31.8 Å². The van der Waals surface area contributed by atoms with Crippen LogP contribution in [0.3, 0.4) is 0 Å². The summed E-state index contributed by atoms with van der Waals surface area (Å²) in [6, 6.07) is 0. The topological polar surface area (TPSA) is 21.3 Å². The summed E-state index contributed by atoms with van der Waals surface area (Å²) in [7, 11) is 1.73. The Morgan fingerprint density at radius 2 is 2.08 bits per heavy atom. The van der Waals surface area contributed by atoms with E-state index in [2.05, 4.69) is 17.5 Å². The molecule has 1 heterocycles. The highest BCUT2D eigenvalue weighted by molar-refractivity contribution is 5.85. The van der Waals surface area contributed by atoms with Gasteiger partial charge in [0.1, 0.15) is 0 Å². The molecule has 0 aromatic heterocycles. The van der Waals surface area contributed by atoms with E-state index < -0.39 is 0 Å². The van der Waals surface area contributed by atoms with Crippen molar-refractivity contribution in [2.75, 3.05) is 26.8 Å². The van der Waals surface area contributed by atoms with Crippen LogP contribution in [-0.4, -0.2) is 26.8 Å². The van der Waals surface area contributed by atoms with Crippen LogP contribution in [-0.2, 0) is 4.74 Å². The molecule has 1 fully saturated rings. The van der Waals surface area contributed by atoms with E-state index in [1.54, 1.807) is 7.11 Å². The van der Waals surface area contributed by atoms with Gasteiger partial charge in [-0.15, -0.1) is 12.4 Å². The van der Waals surface area contributed by atoms with Crippen LogP contribution >= 0.6 is 12.4 Å². The molecule has 0 atom stereocenters. The van der Waals surface area contributed by atoms with E-state index in [9.17, 15) is 0 Å². The maximum atomic E-state index is 4.93. The van der Waals surface area contributed by atoms with Gasteiger partial charge in [-0.3, -0.25) is 0 Å². The van der Waals surface area contributed by atoms with Crippen LogP contribution in [0.5, 0.6) is 0 Å². The minimum atomic E-state index is 0. The lowest BCUT2D eigenvalue weighted by Crippen LogP contribution is -2.26. The third kappa shape index (κ3) is 4.75. The Labute approximate surface area is 80.8 Å². The first-order chi connectivity index (χ1) is 5.43. The molecule has 0 aromatic carbocycles. The van der Waals surface area contributed by atoms with Gasteiger partial charge in [0, 0.05) is 7.11 Å². The van der Waals surface area contributed by atoms with Gasteiger partial charge in [-0.2, -0.15) is 0 Å². The molecule has 2 nitrogen and oxygen atoms in total. The lowest BCUT2D eigenvalue weighted by atomic mass is 9.98. The van der Waals surface area contributed by atoms with E-state index >= 15 is 0 Å². The molecule has 1 aliphatic heterocycles. The Hall–Kier alpha value is -0.0500. The average Bonchev–Trinajstić information content (AvgIpc) is 2.07. The largest absolute Gasteiger partial charge is 0.381 e. The quantitative estimate of drug-likeness (QED) is 0.685. The maximum absolute atomic E-state index is 4.93. The first-order valence-electron chi connectivity index (χ1n) is 4.30. The number of nitrogens with one attached hydrogen (secondary N) is 1. The van der Waals surface area contributed by atoms with Crippen molar-refractivity contribution >= 4 is 12.4 Å². The highest BCUT2D eigenvalue weighted by Crippen LogP contribution is 2.12. The van der Waals surface area contributed by atoms with Gasteiger partial charge in [-0.1, -0.05) is 12.2 Å². The fraction of sp³-hybridized carbons (Fsp3) is 0.778. The van der Waals surface area contributed by atoms with Gasteiger partial charge in [-0.25, -0.2) is 0 Å². The van der Waals surface area contributed by atoms with Crippen molar-refractivity contribution in [2.24, 2.45) is 5.92 Å². The molecule has 0 aliphatic carbocycles. The molecule has 1 saturated heterocycles. The van der Waals surface area contributed by atoms with Crippen molar-refractivity contribution in [3.8, 4) is 0 Å². The molecule has 0 bridgehead atoms. The first kappa shape index (κ1) is 11.9. The Balaban J connectivity index is 0.00000121. The van der Waals surface area contributed by atoms with Gasteiger partial charge in [0.05, 0.1) is 6.61 Å². The van der Waals surface area contributed by atoms with E-state index in [1.807, 2.05) is 0 Å². The van der Waals surface area contributed by atoms with E-state index in [-0.39, 0.29) is 12.4 Å². The minimum absolute atomic E-state index is 0. The van der Waals surface area contributed by atoms with Gasteiger partial charge >= 0.3 is 0 Å². The molecule has 0 aromatic rings. The van der Waals surface area contributed by atoms with Crippen LogP contribution in [0, 0.1) is 5.92 Å². The molecule has 1 rings (SSSR count). The SMILES string of the molecule is COC/C=C/C1CCNCC1.Cl. The third-order valence-electron chi connectivity index (χ3n) is 2.05. The van der Waals surface area contributed by atoms with Gasteiger partial charge in [0.2, 0.25) is 0 Å². The third-order valence-corrected chi connectivity index (χ3v) is 2.05. The molecule has 3 heteroatoms. The normalized spacial score (nSPS) is 19.4. The van der Waals surface area contributed by atoms with Crippen LogP contribution in [0.15, 0.2) is 12.2 Å². The first-order valence-corrected chi connectivity index (χ1v) is 4.30. The second-order valence-electron chi connectivity index (χ2n) is 2.97. The second-order valence-corrected chi connectivity index (χ2v) is 2.97. The van der Waals surface area contributed by atoms with Crippen molar-refractivity contribution in [1.82, 2.24) is 5.32 Å². The minimum Gasteiger partial charge on any atom is -0.381 e. The molecular formula is C9H18ClNO. The summed E-state index contributed by atoms with van der Waals surface area (Å²) in [5.74, 6) is 0.784. The second kappa shape index (κ2) is 7.59. The molecule has 1 aliphatic rings. The molecule has 12 heavy (non-hydrogen) atoms. The van der Waals surface area contributed by atoms with Crippen LogP contribution in [0.25, 0.3) is 0 Å².